The van der Waals surface area contributed by atoms with E-state index in [2.05, 4.69) is 25.2 Å². The molecule has 0 unspecified atom stereocenters. The quantitative estimate of drug-likeness (QED) is 0.436. The molecule has 0 aliphatic heterocycles. The molecule has 0 spiro atoms. The molecule has 0 bridgehead atoms. The first-order chi connectivity index (χ1) is 3.93. The van der Waals surface area contributed by atoms with E-state index in [1.807, 2.05) is 0 Å². The molecule has 42 valence electrons. The van der Waals surface area contributed by atoms with E-state index in [1.165, 1.54) is 12.5 Å². The Kier molecular flexibility index (Phi) is 5.90. The van der Waals surface area contributed by atoms with Crippen molar-refractivity contribution in [3.8, 4) is 0 Å². The molecule has 1 aliphatic rings. The van der Waals surface area contributed by atoms with Crippen LogP contribution in [-0.4, -0.2) is 9.52 Å². The molecular weight excluding hydrogens is 135 g/mol. The van der Waals surface area contributed by atoms with Crippen LogP contribution in [-0.2, 0) is 0 Å². The normalized spacial score (nSPS) is 15.0. The summed E-state index contributed by atoms with van der Waals surface area (Å²) in [5.41, 5.74) is 0. The van der Waals surface area contributed by atoms with Gasteiger partial charge >= 0.3 is 29.6 Å². The van der Waals surface area contributed by atoms with E-state index in [9.17, 15) is 0 Å². The van der Waals surface area contributed by atoms with Gasteiger partial charge in [0.2, 0.25) is 0 Å². The summed E-state index contributed by atoms with van der Waals surface area (Å²) >= 11 is 0. The Balaban J connectivity index is 0.000000640. The van der Waals surface area contributed by atoms with E-state index < -0.39 is 0 Å². The fourth-order valence-electron chi connectivity index (χ4n) is 0.805. The molecule has 0 aromatic rings. The van der Waals surface area contributed by atoms with Gasteiger partial charge in [-0.15, -0.1) is 0 Å². The van der Waals surface area contributed by atoms with Gasteiger partial charge in [0.05, 0.1) is 9.52 Å². The fraction of sp³-hybridized carbons (Fsp3) is 0.429. The Hall–Kier alpha value is 0.697. The van der Waals surface area contributed by atoms with Gasteiger partial charge in [-0.05, 0) is 6.42 Å². The Morgan fingerprint density at radius 2 is 2.44 bits per heavy atom. The zero-order chi connectivity index (χ0) is 5.82. The van der Waals surface area contributed by atoms with E-state index in [4.69, 9.17) is 0 Å². The maximum Gasteiger partial charge on any atom is 1.00 e. The van der Waals surface area contributed by atoms with Gasteiger partial charge in [-0.1, -0.05) is 36.4 Å². The van der Waals surface area contributed by atoms with Crippen LogP contribution in [0.25, 0.3) is 0 Å². The van der Waals surface area contributed by atoms with Crippen molar-refractivity contribution < 1.29 is 29.6 Å². The largest absolute Gasteiger partial charge is 1.00 e. The summed E-state index contributed by atoms with van der Waals surface area (Å²) < 4.78 is 0. The molecule has 0 saturated heterocycles. The molecule has 0 atom stereocenters. The SMILES string of the molecule is CC[Si]C1=CC=CC1.[Na+]. The Bertz CT molecular complexity index is 127. The molecule has 2 radical (unpaired) electrons. The molecule has 0 N–H and O–H groups in total. The predicted octanol–water partition coefficient (Wildman–Crippen LogP) is -1.02. The monoisotopic (exact) mass is 145 g/mol. The van der Waals surface area contributed by atoms with Crippen LogP contribution in [0.3, 0.4) is 0 Å². The van der Waals surface area contributed by atoms with Gasteiger partial charge in [0.25, 0.3) is 0 Å². The van der Waals surface area contributed by atoms with Crippen LogP contribution in [0, 0.1) is 0 Å². The van der Waals surface area contributed by atoms with E-state index >= 15 is 0 Å². The number of hydrogen-bond donors (Lipinski definition) is 0. The standard InChI is InChI=1S/C7H10Si.Na/c1-2-8-7-5-3-4-6-7;/h3-5H,2,6H2,1H3;/q;+1. The van der Waals surface area contributed by atoms with Crippen molar-refractivity contribution in [1.29, 1.82) is 0 Å². The van der Waals surface area contributed by atoms with E-state index in [1.54, 1.807) is 5.20 Å². The average molecular weight is 145 g/mol. The van der Waals surface area contributed by atoms with Crippen LogP contribution in [0.15, 0.2) is 23.4 Å². The second kappa shape index (κ2) is 5.48. The van der Waals surface area contributed by atoms with Crippen molar-refractivity contribution >= 4 is 9.52 Å². The van der Waals surface area contributed by atoms with Gasteiger partial charge < -0.3 is 0 Å². The summed E-state index contributed by atoms with van der Waals surface area (Å²) in [7, 11) is 1.07. The van der Waals surface area contributed by atoms with Crippen molar-refractivity contribution in [2.45, 2.75) is 19.4 Å². The topological polar surface area (TPSA) is 0 Å². The summed E-state index contributed by atoms with van der Waals surface area (Å²) in [5.74, 6) is 0. The minimum atomic E-state index is 0. The summed E-state index contributed by atoms with van der Waals surface area (Å²) in [5, 5.41) is 1.62. The van der Waals surface area contributed by atoms with Gasteiger partial charge in [-0.2, -0.15) is 0 Å². The predicted molar refractivity (Wildman–Crippen MR) is 38.1 cm³/mol. The Labute approximate surface area is 81.5 Å². The molecule has 0 amide bonds. The molecule has 0 aromatic carbocycles. The van der Waals surface area contributed by atoms with Gasteiger partial charge in [0.1, 0.15) is 0 Å². The summed E-state index contributed by atoms with van der Waals surface area (Å²) in [6.45, 7) is 2.23. The molecule has 0 fully saturated rings. The van der Waals surface area contributed by atoms with Crippen molar-refractivity contribution in [1.82, 2.24) is 0 Å². The third-order valence-corrected chi connectivity index (χ3v) is 2.35. The minimum Gasteiger partial charge on any atom is -0.0816 e. The second-order valence-electron chi connectivity index (χ2n) is 1.85. The number of hydrogen-bond acceptors (Lipinski definition) is 0. The first-order valence-corrected chi connectivity index (χ1v) is 4.23. The maximum atomic E-state index is 2.24. The zero-order valence-electron chi connectivity index (χ0n) is 6.15. The molecule has 0 saturated carbocycles. The third kappa shape index (κ3) is 3.41. The first-order valence-electron chi connectivity index (χ1n) is 3.03. The van der Waals surface area contributed by atoms with Crippen LogP contribution in [0.4, 0.5) is 0 Å². The zero-order valence-corrected chi connectivity index (χ0v) is 9.15. The second-order valence-corrected chi connectivity index (χ2v) is 3.56. The molecule has 0 nitrogen and oxygen atoms in total. The minimum absolute atomic E-state index is 0. The summed E-state index contributed by atoms with van der Waals surface area (Å²) in [4.78, 5) is 0. The molecule has 0 heterocycles. The Morgan fingerprint density at radius 1 is 1.67 bits per heavy atom. The molecule has 2 heteroatoms. The first kappa shape index (κ1) is 9.70. The van der Waals surface area contributed by atoms with Crippen LogP contribution < -0.4 is 29.6 Å². The molecule has 0 aromatic heterocycles. The smallest absolute Gasteiger partial charge is 0.0816 e. The maximum absolute atomic E-state index is 2.24. The van der Waals surface area contributed by atoms with E-state index in [0.29, 0.717) is 0 Å². The fourth-order valence-corrected chi connectivity index (χ4v) is 1.74. The van der Waals surface area contributed by atoms with Gasteiger partial charge in [0, 0.05) is 0 Å². The van der Waals surface area contributed by atoms with Crippen molar-refractivity contribution in [3.05, 3.63) is 23.4 Å². The van der Waals surface area contributed by atoms with Crippen LogP contribution >= 0.6 is 0 Å². The summed E-state index contributed by atoms with van der Waals surface area (Å²) in [6.07, 6.45) is 7.82. The third-order valence-electron chi connectivity index (χ3n) is 1.18. The summed E-state index contributed by atoms with van der Waals surface area (Å²) in [6, 6.07) is 1.31. The Morgan fingerprint density at radius 3 is 2.89 bits per heavy atom. The van der Waals surface area contributed by atoms with Crippen LogP contribution in [0.1, 0.15) is 13.3 Å². The van der Waals surface area contributed by atoms with Crippen molar-refractivity contribution in [3.63, 3.8) is 0 Å². The van der Waals surface area contributed by atoms with Crippen LogP contribution in [0.2, 0.25) is 6.04 Å². The number of allylic oxidation sites excluding steroid dienone is 4. The molecule has 9 heavy (non-hydrogen) atoms. The van der Waals surface area contributed by atoms with E-state index in [-0.39, 0.29) is 29.6 Å². The van der Waals surface area contributed by atoms with Crippen molar-refractivity contribution in [2.24, 2.45) is 0 Å². The molecule has 1 rings (SSSR count). The van der Waals surface area contributed by atoms with Gasteiger partial charge in [-0.3, -0.25) is 0 Å². The molecule has 1 aliphatic carbocycles. The van der Waals surface area contributed by atoms with Crippen LogP contribution in [0.5, 0.6) is 0 Å². The van der Waals surface area contributed by atoms with Gasteiger partial charge in [-0.25, -0.2) is 0 Å². The van der Waals surface area contributed by atoms with Gasteiger partial charge in [0.15, 0.2) is 0 Å². The van der Waals surface area contributed by atoms with E-state index in [0.717, 1.165) is 9.52 Å². The van der Waals surface area contributed by atoms with Crippen molar-refractivity contribution in [2.75, 3.05) is 0 Å². The molecular formula is C7H10NaSi+. The average Bonchev–Trinajstić information content (AvgIpc) is 2.19. The number of rotatable bonds is 2.